The van der Waals surface area contributed by atoms with Crippen LogP contribution in [0.4, 0.5) is 0 Å². The second kappa shape index (κ2) is 10.7. The van der Waals surface area contributed by atoms with Gasteiger partial charge in [0.15, 0.2) is 5.78 Å². The zero-order valence-corrected chi connectivity index (χ0v) is 22.9. The first kappa shape index (κ1) is 26.9. The van der Waals surface area contributed by atoms with Crippen LogP contribution in [0.3, 0.4) is 0 Å². The average molecular weight is 507 g/mol. The molecule has 194 valence electrons. The fourth-order valence-electron chi connectivity index (χ4n) is 4.62. The smallest absolute Gasteiger partial charge is 0.343 e. The molecule has 0 N–H and O–H groups in total. The van der Waals surface area contributed by atoms with E-state index in [1.54, 1.807) is 31.4 Å². The van der Waals surface area contributed by atoms with Gasteiger partial charge in [0.1, 0.15) is 11.5 Å². The van der Waals surface area contributed by atoms with Crippen LogP contribution in [0.15, 0.2) is 97.1 Å². The topological polar surface area (TPSA) is 52.6 Å². The van der Waals surface area contributed by atoms with Crippen molar-refractivity contribution in [2.75, 3.05) is 7.11 Å². The van der Waals surface area contributed by atoms with Crippen LogP contribution in [-0.4, -0.2) is 18.9 Å². The summed E-state index contributed by atoms with van der Waals surface area (Å²) in [5, 5.41) is 0. The summed E-state index contributed by atoms with van der Waals surface area (Å²) in [4.78, 5) is 24.2. The first-order valence-electron chi connectivity index (χ1n) is 12.7. The van der Waals surface area contributed by atoms with Crippen molar-refractivity contribution < 1.29 is 19.1 Å². The molecule has 0 heterocycles. The molecular weight excluding hydrogens is 472 g/mol. The molecule has 4 heteroatoms. The van der Waals surface area contributed by atoms with E-state index >= 15 is 0 Å². The minimum atomic E-state index is -0.491. The second-order valence-electron chi connectivity index (χ2n) is 10.6. The third kappa shape index (κ3) is 5.55. The molecule has 4 rings (SSSR count). The van der Waals surface area contributed by atoms with E-state index in [-0.39, 0.29) is 16.6 Å². The molecule has 0 fully saturated rings. The standard InChI is InChI=1S/C34H34O4/c1-23(35)24-8-7-9-25(22-24)32(36)38-31-20-16-29(17-21-31)34(4,5)27-12-10-26(11-13-27)33(2,3)28-14-18-30(37-6)19-15-28/h7-22H,1-6H3. The van der Waals surface area contributed by atoms with Gasteiger partial charge in [-0.3, -0.25) is 4.79 Å². The Kier molecular flexibility index (Phi) is 7.54. The van der Waals surface area contributed by atoms with Gasteiger partial charge in [0, 0.05) is 16.4 Å². The van der Waals surface area contributed by atoms with Crippen LogP contribution in [0.5, 0.6) is 11.5 Å². The minimum Gasteiger partial charge on any atom is -0.497 e. The van der Waals surface area contributed by atoms with Gasteiger partial charge in [0.2, 0.25) is 0 Å². The predicted octanol–water partition coefficient (Wildman–Crippen LogP) is 7.77. The van der Waals surface area contributed by atoms with Crippen molar-refractivity contribution in [1.29, 1.82) is 0 Å². The number of esters is 1. The van der Waals surface area contributed by atoms with Gasteiger partial charge in [-0.15, -0.1) is 0 Å². The van der Waals surface area contributed by atoms with Gasteiger partial charge in [-0.1, -0.05) is 88.4 Å². The summed E-state index contributed by atoms with van der Waals surface area (Å²) in [6, 6.07) is 31.2. The van der Waals surface area contributed by atoms with Crippen LogP contribution >= 0.6 is 0 Å². The fraction of sp³-hybridized carbons (Fsp3) is 0.235. The molecular formula is C34H34O4. The first-order chi connectivity index (χ1) is 18.0. The number of rotatable bonds is 8. The first-order valence-corrected chi connectivity index (χ1v) is 12.7. The summed E-state index contributed by atoms with van der Waals surface area (Å²) < 4.78 is 10.9. The lowest BCUT2D eigenvalue weighted by Gasteiger charge is -2.29. The summed E-state index contributed by atoms with van der Waals surface area (Å²) in [6.07, 6.45) is 0. The van der Waals surface area contributed by atoms with Crippen molar-refractivity contribution in [3.05, 3.63) is 130 Å². The molecule has 0 saturated carbocycles. The van der Waals surface area contributed by atoms with Crippen molar-refractivity contribution >= 4 is 11.8 Å². The fourth-order valence-corrected chi connectivity index (χ4v) is 4.62. The number of ether oxygens (including phenoxy) is 2. The number of benzene rings is 4. The molecule has 0 aliphatic heterocycles. The quantitative estimate of drug-likeness (QED) is 0.139. The summed E-state index contributed by atoms with van der Waals surface area (Å²) in [5.74, 6) is 0.725. The highest BCUT2D eigenvalue weighted by atomic mass is 16.5. The molecule has 0 unspecified atom stereocenters. The van der Waals surface area contributed by atoms with E-state index in [2.05, 4.69) is 64.1 Å². The van der Waals surface area contributed by atoms with Crippen LogP contribution in [0.1, 0.15) is 77.6 Å². The number of Topliss-reactive ketones (excluding diaryl/α,β-unsaturated/α-hetero) is 1. The van der Waals surface area contributed by atoms with Gasteiger partial charge in [-0.05, 0) is 65.6 Å². The second-order valence-corrected chi connectivity index (χ2v) is 10.6. The molecule has 38 heavy (non-hydrogen) atoms. The Morgan fingerprint density at radius 2 is 0.974 bits per heavy atom. The van der Waals surface area contributed by atoms with Crippen LogP contribution in [-0.2, 0) is 10.8 Å². The number of hydrogen-bond acceptors (Lipinski definition) is 4. The van der Waals surface area contributed by atoms with Crippen molar-refractivity contribution in [2.24, 2.45) is 0 Å². The van der Waals surface area contributed by atoms with E-state index < -0.39 is 5.97 Å². The molecule has 4 aromatic carbocycles. The molecule has 4 aromatic rings. The van der Waals surface area contributed by atoms with Gasteiger partial charge in [-0.25, -0.2) is 4.79 Å². The Morgan fingerprint density at radius 3 is 1.39 bits per heavy atom. The van der Waals surface area contributed by atoms with Gasteiger partial charge in [0.05, 0.1) is 12.7 Å². The summed E-state index contributed by atoms with van der Waals surface area (Å²) in [6.45, 7) is 10.3. The predicted molar refractivity (Wildman–Crippen MR) is 152 cm³/mol. The number of carbonyl (C=O) groups is 2. The van der Waals surface area contributed by atoms with Crippen LogP contribution in [0, 0.1) is 0 Å². The Bertz CT molecular complexity index is 1430. The molecule has 4 nitrogen and oxygen atoms in total. The zero-order valence-electron chi connectivity index (χ0n) is 22.9. The highest BCUT2D eigenvalue weighted by Gasteiger charge is 2.26. The maximum atomic E-state index is 12.6. The molecule has 0 atom stereocenters. The highest BCUT2D eigenvalue weighted by Crippen LogP contribution is 2.36. The van der Waals surface area contributed by atoms with Crippen molar-refractivity contribution in [2.45, 2.75) is 45.4 Å². The lowest BCUT2D eigenvalue weighted by atomic mass is 9.74. The molecule has 0 radical (unpaired) electrons. The number of methoxy groups -OCH3 is 1. The molecule has 0 bridgehead atoms. The summed E-state index contributed by atoms with van der Waals surface area (Å²) >= 11 is 0. The van der Waals surface area contributed by atoms with E-state index in [0.717, 1.165) is 11.3 Å². The SMILES string of the molecule is COc1ccc(C(C)(C)c2ccc(C(C)(C)c3ccc(OC(=O)c4cccc(C(C)=O)c4)cc3)cc2)cc1. The van der Waals surface area contributed by atoms with E-state index in [1.807, 2.05) is 36.4 Å². The molecule has 0 aliphatic rings. The Labute approximate surface area is 225 Å². The minimum absolute atomic E-state index is 0.0939. The number of ketones is 1. The van der Waals surface area contributed by atoms with Crippen LogP contribution in [0.25, 0.3) is 0 Å². The monoisotopic (exact) mass is 506 g/mol. The summed E-state index contributed by atoms with van der Waals surface area (Å²) in [7, 11) is 1.68. The molecule has 0 spiro atoms. The van der Waals surface area contributed by atoms with Crippen molar-refractivity contribution in [3.63, 3.8) is 0 Å². The van der Waals surface area contributed by atoms with Gasteiger partial charge >= 0.3 is 5.97 Å². The van der Waals surface area contributed by atoms with E-state index in [0.29, 0.717) is 16.9 Å². The van der Waals surface area contributed by atoms with E-state index in [4.69, 9.17) is 9.47 Å². The van der Waals surface area contributed by atoms with Gasteiger partial charge < -0.3 is 9.47 Å². The molecule has 0 saturated heterocycles. The summed E-state index contributed by atoms with van der Waals surface area (Å²) in [5.41, 5.74) is 5.19. The van der Waals surface area contributed by atoms with Gasteiger partial charge in [-0.2, -0.15) is 0 Å². The maximum absolute atomic E-state index is 12.6. The van der Waals surface area contributed by atoms with E-state index in [9.17, 15) is 9.59 Å². The van der Waals surface area contributed by atoms with Crippen molar-refractivity contribution in [1.82, 2.24) is 0 Å². The Morgan fingerprint density at radius 1 is 0.579 bits per heavy atom. The third-order valence-corrected chi connectivity index (χ3v) is 7.43. The Hall–Kier alpha value is -4.18. The lowest BCUT2D eigenvalue weighted by Crippen LogP contribution is -2.21. The molecule has 0 aliphatic carbocycles. The third-order valence-electron chi connectivity index (χ3n) is 7.43. The number of carbonyl (C=O) groups excluding carboxylic acids is 2. The normalized spacial score (nSPS) is 11.6. The van der Waals surface area contributed by atoms with Crippen LogP contribution in [0.2, 0.25) is 0 Å². The number of hydrogen-bond donors (Lipinski definition) is 0. The van der Waals surface area contributed by atoms with Crippen LogP contribution < -0.4 is 9.47 Å². The molecule has 0 amide bonds. The van der Waals surface area contributed by atoms with Crippen molar-refractivity contribution in [3.8, 4) is 11.5 Å². The Balaban J connectivity index is 1.49. The van der Waals surface area contributed by atoms with E-state index in [1.165, 1.54) is 23.6 Å². The lowest BCUT2D eigenvalue weighted by molar-refractivity contribution is 0.0734. The molecule has 0 aromatic heterocycles. The van der Waals surface area contributed by atoms with Gasteiger partial charge in [0.25, 0.3) is 0 Å². The maximum Gasteiger partial charge on any atom is 0.343 e. The largest absolute Gasteiger partial charge is 0.497 e. The average Bonchev–Trinajstić information content (AvgIpc) is 2.93. The highest BCUT2D eigenvalue weighted by molar-refractivity contribution is 5.98. The zero-order chi connectivity index (χ0) is 27.5.